The maximum absolute atomic E-state index is 13.3. The fourth-order valence-electron chi connectivity index (χ4n) is 3.99. The molecular weight excluding hydrogens is 389 g/mol. The molecule has 0 saturated carbocycles. The Labute approximate surface area is 173 Å². The third kappa shape index (κ3) is 6.11. The van der Waals surface area contributed by atoms with Gasteiger partial charge in [0.2, 0.25) is 0 Å². The van der Waals surface area contributed by atoms with E-state index in [0.29, 0.717) is 0 Å². The molecule has 2 aromatic carbocycles. The van der Waals surface area contributed by atoms with Crippen molar-refractivity contribution in [3.63, 3.8) is 0 Å². The van der Waals surface area contributed by atoms with Crippen LogP contribution in [0.1, 0.15) is 50.5 Å². The highest BCUT2D eigenvalue weighted by Crippen LogP contribution is 2.32. The molecule has 0 aromatic heterocycles. The lowest BCUT2D eigenvalue weighted by Crippen LogP contribution is -2.45. The van der Waals surface area contributed by atoms with Gasteiger partial charge in [0.1, 0.15) is 5.82 Å². The highest BCUT2D eigenvalue weighted by molar-refractivity contribution is 7.86. The molecule has 1 aliphatic heterocycles. The molecule has 0 aliphatic carbocycles. The summed E-state index contributed by atoms with van der Waals surface area (Å²) < 4.78 is 43.8. The van der Waals surface area contributed by atoms with Gasteiger partial charge in [-0.15, -0.1) is 0 Å². The second-order valence-corrected chi connectivity index (χ2v) is 9.34. The van der Waals surface area contributed by atoms with Gasteiger partial charge in [-0.3, -0.25) is 9.08 Å². The van der Waals surface area contributed by atoms with Crippen LogP contribution in [0, 0.1) is 5.82 Å². The van der Waals surface area contributed by atoms with Crippen molar-refractivity contribution in [2.45, 2.75) is 55.9 Å². The van der Waals surface area contributed by atoms with E-state index in [0.717, 1.165) is 50.8 Å². The quantitative estimate of drug-likeness (QED) is 0.425. The second kappa shape index (κ2) is 10.3. The van der Waals surface area contributed by atoms with Crippen molar-refractivity contribution in [1.82, 2.24) is 4.90 Å². The van der Waals surface area contributed by atoms with Crippen LogP contribution in [0.4, 0.5) is 4.39 Å². The van der Waals surface area contributed by atoms with Gasteiger partial charge in [0.25, 0.3) is 10.1 Å². The second-order valence-electron chi connectivity index (χ2n) is 7.72. The summed E-state index contributed by atoms with van der Waals surface area (Å²) in [5.74, 6) is 0.0469. The first-order chi connectivity index (χ1) is 14.0. The van der Waals surface area contributed by atoms with E-state index in [4.69, 9.17) is 4.18 Å². The zero-order chi connectivity index (χ0) is 20.7. The normalized spacial score (nSPS) is 20.6. The van der Waals surface area contributed by atoms with Gasteiger partial charge in [-0.1, -0.05) is 50.1 Å². The van der Waals surface area contributed by atoms with Gasteiger partial charge in [0, 0.05) is 6.04 Å². The summed E-state index contributed by atoms with van der Waals surface area (Å²) in [5, 5.41) is 0. The van der Waals surface area contributed by atoms with Gasteiger partial charge in [-0.2, -0.15) is 8.42 Å². The average molecular weight is 420 g/mol. The maximum Gasteiger partial charge on any atom is 0.297 e. The lowest BCUT2D eigenvalue weighted by molar-refractivity contribution is 0.0904. The molecule has 3 rings (SSSR count). The van der Waals surface area contributed by atoms with Crippen LogP contribution in [0.5, 0.6) is 0 Å². The smallest absolute Gasteiger partial charge is 0.297 e. The first-order valence-corrected chi connectivity index (χ1v) is 11.8. The number of rotatable bonds is 9. The summed E-state index contributed by atoms with van der Waals surface area (Å²) in [7, 11) is -3.77. The molecule has 2 atom stereocenters. The van der Waals surface area contributed by atoms with E-state index in [1.54, 1.807) is 30.3 Å². The molecule has 0 N–H and O–H groups in total. The van der Waals surface area contributed by atoms with Crippen LogP contribution in [-0.2, 0) is 14.3 Å². The van der Waals surface area contributed by atoms with Crippen molar-refractivity contribution in [2.24, 2.45) is 0 Å². The summed E-state index contributed by atoms with van der Waals surface area (Å²) in [6.07, 6.45) is 5.20. The maximum atomic E-state index is 13.3. The Morgan fingerprint density at radius 2 is 1.79 bits per heavy atom. The van der Waals surface area contributed by atoms with Crippen molar-refractivity contribution < 1.29 is 17.0 Å². The van der Waals surface area contributed by atoms with Crippen LogP contribution in [0.2, 0.25) is 0 Å². The summed E-state index contributed by atoms with van der Waals surface area (Å²) in [6.45, 7) is 4.16. The number of hydrogen-bond donors (Lipinski definition) is 0. The predicted molar refractivity (Wildman–Crippen MR) is 113 cm³/mol. The minimum absolute atomic E-state index is 0.0224. The Bertz CT molecular complexity index is 855. The van der Waals surface area contributed by atoms with E-state index < -0.39 is 10.1 Å². The van der Waals surface area contributed by atoms with Crippen LogP contribution >= 0.6 is 0 Å². The summed E-state index contributed by atoms with van der Waals surface area (Å²) >= 11 is 0. The van der Waals surface area contributed by atoms with Crippen molar-refractivity contribution in [1.29, 1.82) is 0 Å². The summed E-state index contributed by atoms with van der Waals surface area (Å²) in [4.78, 5) is 2.54. The minimum Gasteiger partial charge on any atom is -0.298 e. The average Bonchev–Trinajstić information content (AvgIpc) is 2.74. The molecule has 2 aromatic rings. The lowest BCUT2D eigenvalue weighted by atomic mass is 9.85. The Morgan fingerprint density at radius 3 is 2.48 bits per heavy atom. The number of piperidine rings is 1. The molecule has 0 spiro atoms. The van der Waals surface area contributed by atoms with Crippen molar-refractivity contribution >= 4 is 10.1 Å². The molecule has 4 nitrogen and oxygen atoms in total. The predicted octanol–water partition coefficient (Wildman–Crippen LogP) is 4.97. The lowest BCUT2D eigenvalue weighted by Gasteiger charge is -2.39. The Morgan fingerprint density at radius 1 is 1.07 bits per heavy atom. The number of nitrogens with zero attached hydrogens (tertiary/aromatic N) is 1. The van der Waals surface area contributed by atoms with Gasteiger partial charge in [-0.05, 0) is 68.1 Å². The van der Waals surface area contributed by atoms with Gasteiger partial charge in [0.05, 0.1) is 11.5 Å². The van der Waals surface area contributed by atoms with E-state index >= 15 is 0 Å². The molecule has 0 amide bonds. The summed E-state index contributed by atoms with van der Waals surface area (Å²) in [6, 6.07) is 15.0. The molecule has 1 heterocycles. The molecule has 158 valence electrons. The van der Waals surface area contributed by atoms with Crippen LogP contribution in [0.3, 0.4) is 0 Å². The van der Waals surface area contributed by atoms with Gasteiger partial charge in [0.15, 0.2) is 0 Å². The molecular formula is C23H30FNO3S. The monoisotopic (exact) mass is 419 g/mol. The Kier molecular flexibility index (Phi) is 7.81. The first-order valence-electron chi connectivity index (χ1n) is 10.4. The highest BCUT2D eigenvalue weighted by atomic mass is 32.2. The molecule has 2 unspecified atom stereocenters. The van der Waals surface area contributed by atoms with Crippen molar-refractivity contribution in [3.8, 4) is 0 Å². The molecule has 1 fully saturated rings. The standard InChI is InChI=1S/C23H30FNO3S/c1-2-3-7-15-25-16-14-20(19-10-12-21(24)13-11-19)17-22(25)18-28-29(26,27)23-8-5-4-6-9-23/h4-6,8-13,20,22H,2-3,7,14-18H2,1H3. The number of likely N-dealkylation sites (tertiary alicyclic amines) is 1. The van der Waals surface area contributed by atoms with Crippen molar-refractivity contribution in [2.75, 3.05) is 19.7 Å². The fraction of sp³-hybridized carbons (Fsp3) is 0.478. The van der Waals surface area contributed by atoms with E-state index in [2.05, 4.69) is 11.8 Å². The van der Waals surface area contributed by atoms with Crippen molar-refractivity contribution in [3.05, 3.63) is 66.0 Å². The third-order valence-corrected chi connectivity index (χ3v) is 6.97. The van der Waals surface area contributed by atoms with E-state index in [1.165, 1.54) is 12.1 Å². The Balaban J connectivity index is 1.69. The fourth-order valence-corrected chi connectivity index (χ4v) is 4.96. The van der Waals surface area contributed by atoms with Gasteiger partial charge >= 0.3 is 0 Å². The zero-order valence-electron chi connectivity index (χ0n) is 17.0. The van der Waals surface area contributed by atoms with E-state index in [1.807, 2.05) is 12.1 Å². The topological polar surface area (TPSA) is 46.6 Å². The Hall–Kier alpha value is -1.76. The molecule has 0 bridgehead atoms. The first kappa shape index (κ1) is 21.9. The van der Waals surface area contributed by atoms with Crippen LogP contribution < -0.4 is 0 Å². The van der Waals surface area contributed by atoms with E-state index in [9.17, 15) is 12.8 Å². The molecule has 0 radical (unpaired) electrons. The van der Waals surface area contributed by atoms with Gasteiger partial charge < -0.3 is 0 Å². The van der Waals surface area contributed by atoms with Crippen LogP contribution in [0.15, 0.2) is 59.5 Å². The SMILES string of the molecule is CCCCCN1CCC(c2ccc(F)cc2)CC1COS(=O)(=O)c1ccccc1. The molecule has 29 heavy (non-hydrogen) atoms. The largest absolute Gasteiger partial charge is 0.298 e. The van der Waals surface area contributed by atoms with E-state index in [-0.39, 0.29) is 29.3 Å². The zero-order valence-corrected chi connectivity index (χ0v) is 17.8. The summed E-state index contributed by atoms with van der Waals surface area (Å²) in [5.41, 5.74) is 1.11. The molecule has 1 aliphatic rings. The molecule has 1 saturated heterocycles. The third-order valence-electron chi connectivity index (χ3n) is 5.68. The van der Waals surface area contributed by atoms with Crippen LogP contribution in [-0.4, -0.2) is 39.1 Å². The van der Waals surface area contributed by atoms with Gasteiger partial charge in [-0.25, -0.2) is 4.39 Å². The minimum atomic E-state index is -3.77. The number of hydrogen-bond acceptors (Lipinski definition) is 4. The van der Waals surface area contributed by atoms with Crippen LogP contribution in [0.25, 0.3) is 0 Å². The number of benzene rings is 2. The number of halogens is 1. The highest BCUT2D eigenvalue weighted by Gasteiger charge is 2.30. The number of unbranched alkanes of at least 4 members (excludes halogenated alkanes) is 2. The molecule has 6 heteroatoms.